The van der Waals surface area contributed by atoms with Gasteiger partial charge in [-0.25, -0.2) is 5.10 Å². The number of aromatic nitrogens is 3. The molecule has 2 aromatic carbocycles. The van der Waals surface area contributed by atoms with Gasteiger partial charge in [-0.15, -0.1) is 5.10 Å². The van der Waals surface area contributed by atoms with Crippen LogP contribution in [-0.4, -0.2) is 21.1 Å². The molecule has 0 bridgehead atoms. The van der Waals surface area contributed by atoms with E-state index in [4.69, 9.17) is 21.4 Å². The quantitative estimate of drug-likeness (QED) is 0.392. The molecule has 134 valence electrons. The molecule has 27 heavy (non-hydrogen) atoms. The number of hydrogen-bond donors (Lipinski definition) is 1. The molecule has 4 aromatic rings. The van der Waals surface area contributed by atoms with Crippen molar-refractivity contribution in [3.63, 3.8) is 0 Å². The average Bonchev–Trinajstić information content (AvgIpc) is 3.36. The van der Waals surface area contributed by atoms with E-state index < -0.39 is 0 Å². The van der Waals surface area contributed by atoms with Crippen molar-refractivity contribution in [2.75, 3.05) is 0 Å². The summed E-state index contributed by atoms with van der Waals surface area (Å²) in [4.78, 5) is 0. The van der Waals surface area contributed by atoms with Crippen molar-refractivity contribution in [3.8, 4) is 17.3 Å². The van der Waals surface area contributed by atoms with Gasteiger partial charge in [0.2, 0.25) is 10.6 Å². The first-order valence-electron chi connectivity index (χ1n) is 8.32. The summed E-state index contributed by atoms with van der Waals surface area (Å²) in [5, 5.41) is 11.4. The van der Waals surface area contributed by atoms with Crippen molar-refractivity contribution in [3.05, 3.63) is 88.9 Å². The zero-order valence-corrected chi connectivity index (χ0v) is 15.1. The van der Waals surface area contributed by atoms with Crippen LogP contribution in [0, 0.1) is 4.77 Å². The van der Waals surface area contributed by atoms with E-state index in [0.29, 0.717) is 23.0 Å². The molecule has 0 saturated carbocycles. The van der Waals surface area contributed by atoms with Crippen molar-refractivity contribution in [2.45, 2.75) is 6.61 Å². The molecule has 2 aromatic heterocycles. The lowest BCUT2D eigenvalue weighted by Gasteiger charge is -2.09. The topological polar surface area (TPSA) is 68.3 Å². The molecule has 0 amide bonds. The second kappa shape index (κ2) is 7.84. The Hall–Kier alpha value is -3.45. The highest BCUT2D eigenvalue weighted by Gasteiger charge is 2.10. The van der Waals surface area contributed by atoms with E-state index in [0.717, 1.165) is 16.9 Å². The van der Waals surface area contributed by atoms with Crippen LogP contribution >= 0.6 is 12.2 Å². The van der Waals surface area contributed by atoms with E-state index in [2.05, 4.69) is 15.3 Å². The minimum Gasteiger partial charge on any atom is -0.488 e. The van der Waals surface area contributed by atoms with E-state index in [1.807, 2.05) is 54.6 Å². The van der Waals surface area contributed by atoms with Crippen molar-refractivity contribution >= 4 is 18.4 Å². The minimum absolute atomic E-state index is 0.375. The highest BCUT2D eigenvalue weighted by molar-refractivity contribution is 7.71. The molecule has 0 unspecified atom stereocenters. The molecule has 0 aliphatic heterocycles. The Balaban J connectivity index is 1.59. The summed E-state index contributed by atoms with van der Waals surface area (Å²) in [6, 6.07) is 21.3. The van der Waals surface area contributed by atoms with Crippen LogP contribution < -0.4 is 4.74 Å². The number of hydrogen-bond acceptors (Lipinski definition) is 5. The van der Waals surface area contributed by atoms with Gasteiger partial charge in [0.05, 0.1) is 12.5 Å². The van der Waals surface area contributed by atoms with Gasteiger partial charge in [-0.3, -0.25) is 0 Å². The van der Waals surface area contributed by atoms with E-state index >= 15 is 0 Å². The number of benzene rings is 2. The maximum absolute atomic E-state index is 5.96. The summed E-state index contributed by atoms with van der Waals surface area (Å²) in [6.45, 7) is 0.481. The van der Waals surface area contributed by atoms with E-state index in [-0.39, 0.29) is 0 Å². The van der Waals surface area contributed by atoms with Crippen LogP contribution in [0.3, 0.4) is 0 Å². The van der Waals surface area contributed by atoms with Gasteiger partial charge >= 0.3 is 0 Å². The number of aromatic amines is 1. The summed E-state index contributed by atoms with van der Waals surface area (Å²) in [6.07, 6.45) is 3.27. The van der Waals surface area contributed by atoms with Crippen LogP contribution in [-0.2, 0) is 6.61 Å². The van der Waals surface area contributed by atoms with Crippen molar-refractivity contribution < 1.29 is 9.15 Å². The fourth-order valence-electron chi connectivity index (χ4n) is 2.54. The molecule has 0 radical (unpaired) electrons. The Bertz CT molecular complexity index is 1100. The molecule has 6 nitrogen and oxygen atoms in total. The van der Waals surface area contributed by atoms with Crippen LogP contribution in [0.15, 0.2) is 82.5 Å². The van der Waals surface area contributed by atoms with Crippen LogP contribution in [0.5, 0.6) is 5.75 Å². The van der Waals surface area contributed by atoms with E-state index in [9.17, 15) is 0 Å². The first-order valence-corrected chi connectivity index (χ1v) is 8.73. The second-order valence-electron chi connectivity index (χ2n) is 5.70. The Kier molecular flexibility index (Phi) is 4.93. The zero-order chi connectivity index (χ0) is 18.5. The van der Waals surface area contributed by atoms with Gasteiger partial charge < -0.3 is 9.15 Å². The lowest BCUT2D eigenvalue weighted by molar-refractivity contribution is 0.306. The van der Waals surface area contributed by atoms with Gasteiger partial charge in [0, 0.05) is 5.56 Å². The van der Waals surface area contributed by atoms with Gasteiger partial charge in [0.1, 0.15) is 12.4 Å². The molecule has 0 saturated heterocycles. The monoisotopic (exact) mass is 376 g/mol. The van der Waals surface area contributed by atoms with Crippen molar-refractivity contribution in [1.29, 1.82) is 0 Å². The first-order chi connectivity index (χ1) is 13.3. The lowest BCUT2D eigenvalue weighted by atomic mass is 10.2. The SMILES string of the molecule is S=c1[nH]nc(-c2ccco2)n1/N=C\c1ccccc1OCc1ccccc1. The number of ether oxygens (including phenoxy) is 1. The van der Waals surface area contributed by atoms with Crippen LogP contribution in [0.25, 0.3) is 11.6 Å². The Labute approximate surface area is 160 Å². The van der Waals surface area contributed by atoms with Crippen LogP contribution in [0.1, 0.15) is 11.1 Å². The Morgan fingerprint density at radius 1 is 1.07 bits per heavy atom. The van der Waals surface area contributed by atoms with Crippen molar-refractivity contribution in [2.24, 2.45) is 5.10 Å². The molecule has 0 atom stereocenters. The highest BCUT2D eigenvalue weighted by atomic mass is 32.1. The fraction of sp³-hybridized carbons (Fsp3) is 0.0500. The maximum Gasteiger partial charge on any atom is 0.219 e. The van der Waals surface area contributed by atoms with Gasteiger partial charge in [-0.1, -0.05) is 42.5 Å². The fourth-order valence-corrected chi connectivity index (χ4v) is 2.72. The van der Waals surface area contributed by atoms with Gasteiger partial charge in [0.25, 0.3) is 0 Å². The normalized spacial score (nSPS) is 11.1. The van der Waals surface area contributed by atoms with Crippen LogP contribution in [0.2, 0.25) is 0 Å². The predicted octanol–water partition coefficient (Wildman–Crippen LogP) is 4.66. The Morgan fingerprint density at radius 3 is 2.70 bits per heavy atom. The van der Waals surface area contributed by atoms with E-state index in [1.165, 1.54) is 4.68 Å². The third kappa shape index (κ3) is 3.88. The zero-order valence-electron chi connectivity index (χ0n) is 14.3. The minimum atomic E-state index is 0.375. The van der Waals surface area contributed by atoms with E-state index in [1.54, 1.807) is 24.6 Å². The molecule has 0 fully saturated rings. The summed E-state index contributed by atoms with van der Waals surface area (Å²) in [5.41, 5.74) is 1.93. The maximum atomic E-state index is 5.96. The average molecular weight is 376 g/mol. The Morgan fingerprint density at radius 2 is 1.89 bits per heavy atom. The molecule has 1 N–H and O–H groups in total. The molecule has 0 spiro atoms. The third-order valence-corrected chi connectivity index (χ3v) is 4.12. The largest absolute Gasteiger partial charge is 0.488 e. The summed E-state index contributed by atoms with van der Waals surface area (Å²) in [7, 11) is 0. The molecule has 7 heteroatoms. The summed E-state index contributed by atoms with van der Waals surface area (Å²) in [5.74, 6) is 1.82. The molecule has 0 aliphatic rings. The van der Waals surface area contributed by atoms with Gasteiger partial charge in [-0.2, -0.15) is 9.78 Å². The first kappa shape index (κ1) is 17.0. The number of rotatable bonds is 6. The van der Waals surface area contributed by atoms with Crippen LogP contribution in [0.4, 0.5) is 0 Å². The molecular weight excluding hydrogens is 360 g/mol. The third-order valence-electron chi connectivity index (χ3n) is 3.86. The second-order valence-corrected chi connectivity index (χ2v) is 6.08. The number of nitrogens with zero attached hydrogens (tertiary/aromatic N) is 3. The number of furan rings is 1. The van der Waals surface area contributed by atoms with Crippen molar-refractivity contribution in [1.82, 2.24) is 14.9 Å². The highest BCUT2D eigenvalue weighted by Crippen LogP contribution is 2.20. The van der Waals surface area contributed by atoms with Gasteiger partial charge in [0.15, 0.2) is 5.76 Å². The molecular formula is C20H16N4O2S. The smallest absolute Gasteiger partial charge is 0.219 e. The predicted molar refractivity (Wildman–Crippen MR) is 105 cm³/mol. The summed E-state index contributed by atoms with van der Waals surface area (Å²) >= 11 is 5.27. The number of H-pyrrole nitrogens is 1. The number of para-hydroxylation sites is 1. The molecule has 4 rings (SSSR count). The molecule has 0 aliphatic carbocycles. The number of nitrogens with one attached hydrogen (secondary N) is 1. The molecule has 2 heterocycles. The standard InChI is InChI=1S/C20H16N4O2S/c27-20-23-22-19(18-11-6-12-25-18)24(20)21-13-16-9-4-5-10-17(16)26-14-15-7-2-1-3-8-15/h1-13H,14H2,(H,23,27)/b21-13-. The van der Waals surface area contributed by atoms with Gasteiger partial charge in [-0.05, 0) is 42.0 Å². The summed E-state index contributed by atoms with van der Waals surface area (Å²) < 4.78 is 13.2. The lowest BCUT2D eigenvalue weighted by Crippen LogP contribution is -1.99.